The van der Waals surface area contributed by atoms with Gasteiger partial charge in [0.1, 0.15) is 0 Å². The number of rotatable bonds is 4. The quantitative estimate of drug-likeness (QED) is 0.804. The Balaban J connectivity index is 1.91. The third-order valence-corrected chi connectivity index (χ3v) is 7.10. The summed E-state index contributed by atoms with van der Waals surface area (Å²) < 4.78 is 26.3. The lowest BCUT2D eigenvalue weighted by Gasteiger charge is -2.29. The Labute approximate surface area is 158 Å². The van der Waals surface area contributed by atoms with E-state index in [4.69, 9.17) is 0 Å². The molecule has 0 aliphatic carbocycles. The third kappa shape index (κ3) is 3.88. The molecule has 1 heterocycles. The van der Waals surface area contributed by atoms with Gasteiger partial charge in [0.15, 0.2) is 0 Å². The summed E-state index contributed by atoms with van der Waals surface area (Å²) in [7, 11) is -3.31. The Morgan fingerprint density at radius 1 is 1.15 bits per heavy atom. The zero-order valence-corrected chi connectivity index (χ0v) is 16.5. The second-order valence-corrected chi connectivity index (χ2v) is 9.11. The van der Waals surface area contributed by atoms with Gasteiger partial charge < -0.3 is 5.32 Å². The van der Waals surface area contributed by atoms with E-state index >= 15 is 0 Å². The number of aryl methyl sites for hydroxylation is 1. The topological polar surface area (TPSA) is 66.5 Å². The fourth-order valence-electron chi connectivity index (χ4n) is 3.02. The first-order valence-electron chi connectivity index (χ1n) is 8.48. The maximum absolute atomic E-state index is 12.7. The van der Waals surface area contributed by atoms with Crippen LogP contribution in [0.5, 0.6) is 0 Å². The van der Waals surface area contributed by atoms with E-state index in [9.17, 15) is 13.2 Å². The van der Waals surface area contributed by atoms with Crippen molar-refractivity contribution < 1.29 is 13.2 Å². The standard InChI is InChI=1S/C19H22N2O3S2/c1-14-9-10-15(13-17(14)21-11-5-6-12-26(21,23)24)19(22)20-16-7-3-4-8-18(16)25-2/h3-4,7-10,13H,5-6,11-12H2,1-2H3,(H,20,22). The molecule has 0 saturated carbocycles. The molecule has 2 aromatic carbocycles. The minimum Gasteiger partial charge on any atom is -0.321 e. The first-order valence-corrected chi connectivity index (χ1v) is 11.3. The molecule has 0 unspecified atom stereocenters. The second kappa shape index (κ2) is 7.72. The molecule has 1 N–H and O–H groups in total. The molecule has 1 fully saturated rings. The van der Waals surface area contributed by atoms with Crippen LogP contribution in [0.1, 0.15) is 28.8 Å². The molecule has 7 heteroatoms. The van der Waals surface area contributed by atoms with Crippen molar-refractivity contribution in [2.24, 2.45) is 0 Å². The highest BCUT2D eigenvalue weighted by Crippen LogP contribution is 2.29. The van der Waals surface area contributed by atoms with Crippen LogP contribution in [0.25, 0.3) is 0 Å². The van der Waals surface area contributed by atoms with E-state index in [1.807, 2.05) is 37.4 Å². The van der Waals surface area contributed by atoms with E-state index in [-0.39, 0.29) is 11.7 Å². The van der Waals surface area contributed by atoms with Crippen molar-refractivity contribution in [2.45, 2.75) is 24.7 Å². The number of thioether (sulfide) groups is 1. The largest absolute Gasteiger partial charge is 0.321 e. The van der Waals surface area contributed by atoms with Crippen molar-refractivity contribution in [3.63, 3.8) is 0 Å². The van der Waals surface area contributed by atoms with Gasteiger partial charge in [-0.3, -0.25) is 9.10 Å². The van der Waals surface area contributed by atoms with Crippen molar-refractivity contribution >= 4 is 39.1 Å². The first kappa shape index (κ1) is 18.8. The summed E-state index contributed by atoms with van der Waals surface area (Å²) in [6.07, 6.45) is 3.47. The van der Waals surface area contributed by atoms with Gasteiger partial charge in [0.05, 0.1) is 17.1 Å². The molecule has 1 aliphatic rings. The van der Waals surface area contributed by atoms with Gasteiger partial charge in [-0.1, -0.05) is 18.2 Å². The Morgan fingerprint density at radius 3 is 2.65 bits per heavy atom. The summed E-state index contributed by atoms with van der Waals surface area (Å²) in [5.74, 6) is -0.0913. The van der Waals surface area contributed by atoms with Gasteiger partial charge in [0.25, 0.3) is 5.91 Å². The summed E-state index contributed by atoms with van der Waals surface area (Å²) in [4.78, 5) is 13.7. The fourth-order valence-corrected chi connectivity index (χ4v) is 5.27. The lowest BCUT2D eigenvalue weighted by Crippen LogP contribution is -2.38. The van der Waals surface area contributed by atoms with Crippen molar-refractivity contribution in [3.8, 4) is 0 Å². The number of sulfonamides is 1. The molecule has 0 atom stereocenters. The summed E-state index contributed by atoms with van der Waals surface area (Å²) in [6, 6.07) is 12.8. The highest BCUT2D eigenvalue weighted by atomic mass is 32.2. The number of carbonyl (C=O) groups excluding carboxylic acids is 1. The zero-order valence-electron chi connectivity index (χ0n) is 14.9. The van der Waals surface area contributed by atoms with Crippen LogP contribution in [0.2, 0.25) is 0 Å². The maximum atomic E-state index is 12.7. The monoisotopic (exact) mass is 390 g/mol. The molecule has 26 heavy (non-hydrogen) atoms. The Bertz CT molecular complexity index is 926. The molecule has 0 radical (unpaired) electrons. The van der Waals surface area contributed by atoms with E-state index in [0.717, 1.165) is 22.6 Å². The maximum Gasteiger partial charge on any atom is 0.255 e. The molecule has 0 aromatic heterocycles. The van der Waals surface area contributed by atoms with Gasteiger partial charge in [0, 0.05) is 17.0 Å². The number of hydrogen-bond acceptors (Lipinski definition) is 4. The lowest BCUT2D eigenvalue weighted by molar-refractivity contribution is 0.102. The van der Waals surface area contributed by atoms with E-state index in [0.29, 0.717) is 24.2 Å². The summed E-state index contributed by atoms with van der Waals surface area (Å²) in [5.41, 5.74) is 2.63. The molecule has 0 spiro atoms. The van der Waals surface area contributed by atoms with Gasteiger partial charge in [-0.25, -0.2) is 8.42 Å². The van der Waals surface area contributed by atoms with E-state index in [1.54, 1.807) is 30.0 Å². The molecule has 2 aromatic rings. The van der Waals surface area contributed by atoms with Crippen molar-refractivity contribution in [3.05, 3.63) is 53.6 Å². The van der Waals surface area contributed by atoms with E-state index in [2.05, 4.69) is 5.32 Å². The van der Waals surface area contributed by atoms with Crippen LogP contribution < -0.4 is 9.62 Å². The fraction of sp³-hybridized carbons (Fsp3) is 0.316. The number of para-hydroxylation sites is 1. The van der Waals surface area contributed by atoms with Gasteiger partial charge in [-0.15, -0.1) is 11.8 Å². The van der Waals surface area contributed by atoms with Gasteiger partial charge >= 0.3 is 0 Å². The minimum atomic E-state index is -3.31. The van der Waals surface area contributed by atoms with E-state index in [1.165, 1.54) is 4.31 Å². The second-order valence-electron chi connectivity index (χ2n) is 6.25. The summed E-state index contributed by atoms with van der Waals surface area (Å²) in [6.45, 7) is 2.33. The Kier molecular flexibility index (Phi) is 5.58. The van der Waals surface area contributed by atoms with E-state index < -0.39 is 10.0 Å². The molecule has 5 nitrogen and oxygen atoms in total. The van der Waals surface area contributed by atoms with Crippen molar-refractivity contribution in [1.82, 2.24) is 0 Å². The van der Waals surface area contributed by atoms with Crippen LogP contribution in [0.3, 0.4) is 0 Å². The molecule has 138 valence electrons. The molecule has 1 saturated heterocycles. The molecule has 1 amide bonds. The highest BCUT2D eigenvalue weighted by molar-refractivity contribution is 7.98. The predicted molar refractivity (Wildman–Crippen MR) is 108 cm³/mol. The summed E-state index contributed by atoms with van der Waals surface area (Å²) >= 11 is 1.56. The average Bonchev–Trinajstić information content (AvgIpc) is 2.62. The number of hydrogen-bond donors (Lipinski definition) is 1. The van der Waals surface area contributed by atoms with Crippen LogP contribution in [-0.4, -0.2) is 32.9 Å². The minimum absolute atomic E-state index is 0.157. The van der Waals surface area contributed by atoms with Crippen LogP contribution in [0, 0.1) is 6.92 Å². The number of carbonyl (C=O) groups is 1. The number of nitrogens with one attached hydrogen (secondary N) is 1. The van der Waals surface area contributed by atoms with Crippen molar-refractivity contribution in [2.75, 3.05) is 28.2 Å². The van der Waals surface area contributed by atoms with Crippen LogP contribution in [-0.2, 0) is 10.0 Å². The lowest BCUT2D eigenvalue weighted by atomic mass is 10.1. The highest BCUT2D eigenvalue weighted by Gasteiger charge is 2.27. The zero-order chi connectivity index (χ0) is 18.7. The Hall–Kier alpha value is -1.99. The van der Waals surface area contributed by atoms with Crippen molar-refractivity contribution in [1.29, 1.82) is 0 Å². The smallest absolute Gasteiger partial charge is 0.255 e. The number of anilines is 2. The Morgan fingerprint density at radius 2 is 1.92 bits per heavy atom. The number of amides is 1. The molecule has 0 bridgehead atoms. The molecular weight excluding hydrogens is 368 g/mol. The average molecular weight is 391 g/mol. The predicted octanol–water partition coefficient (Wildman–Crippen LogP) is 3.90. The normalized spacial score (nSPS) is 16.3. The number of nitrogens with zero attached hydrogens (tertiary/aromatic N) is 1. The molecule has 1 aliphatic heterocycles. The van der Waals surface area contributed by atoms with Crippen LogP contribution >= 0.6 is 11.8 Å². The third-order valence-electron chi connectivity index (χ3n) is 4.44. The van der Waals surface area contributed by atoms with Gasteiger partial charge in [0.2, 0.25) is 10.0 Å². The molecule has 3 rings (SSSR count). The van der Waals surface area contributed by atoms with Crippen LogP contribution in [0.15, 0.2) is 47.4 Å². The van der Waals surface area contributed by atoms with Gasteiger partial charge in [-0.2, -0.15) is 0 Å². The van der Waals surface area contributed by atoms with Gasteiger partial charge in [-0.05, 0) is 55.9 Å². The molecular formula is C19H22N2O3S2. The first-order chi connectivity index (χ1) is 12.4. The van der Waals surface area contributed by atoms with Crippen LogP contribution in [0.4, 0.5) is 11.4 Å². The SMILES string of the molecule is CSc1ccccc1NC(=O)c1ccc(C)c(N2CCCCS2(=O)=O)c1. The summed E-state index contributed by atoms with van der Waals surface area (Å²) in [5, 5.41) is 2.92. The number of benzene rings is 2.